The quantitative estimate of drug-likeness (QED) is 0.908. The fourth-order valence-corrected chi connectivity index (χ4v) is 3.69. The van der Waals surface area contributed by atoms with E-state index in [1.54, 1.807) is 6.33 Å². The van der Waals surface area contributed by atoms with E-state index in [2.05, 4.69) is 51.3 Å². The zero-order chi connectivity index (χ0) is 13.1. The molecule has 0 bridgehead atoms. The monoisotopic (exact) mass is 274 g/mol. The molecular weight excluding hydrogens is 256 g/mol. The van der Waals surface area contributed by atoms with E-state index in [4.69, 9.17) is 0 Å². The highest BCUT2D eigenvalue weighted by molar-refractivity contribution is 7.99. The van der Waals surface area contributed by atoms with Crippen molar-refractivity contribution in [3.63, 3.8) is 0 Å². The first-order chi connectivity index (χ1) is 9.38. The van der Waals surface area contributed by atoms with E-state index >= 15 is 0 Å². The number of benzene rings is 1. The van der Waals surface area contributed by atoms with Crippen LogP contribution in [-0.2, 0) is 13.1 Å². The Balaban J connectivity index is 1.57. The van der Waals surface area contributed by atoms with Crippen molar-refractivity contribution in [2.45, 2.75) is 30.8 Å². The number of hydrogen-bond donors (Lipinski definition) is 1. The van der Waals surface area contributed by atoms with Crippen molar-refractivity contribution in [2.24, 2.45) is 0 Å². The summed E-state index contributed by atoms with van der Waals surface area (Å²) in [6.07, 6.45) is 1.79. The lowest BCUT2D eigenvalue weighted by atomic mass is 10.0. The van der Waals surface area contributed by atoms with E-state index in [0.717, 1.165) is 25.5 Å². The van der Waals surface area contributed by atoms with E-state index < -0.39 is 0 Å². The minimum Gasteiger partial charge on any atom is -0.317 e. The summed E-state index contributed by atoms with van der Waals surface area (Å²) in [7, 11) is 0. The molecule has 1 unspecified atom stereocenters. The van der Waals surface area contributed by atoms with Crippen molar-refractivity contribution < 1.29 is 0 Å². The Kier molecular flexibility index (Phi) is 3.84. The first-order valence-electron chi connectivity index (χ1n) is 6.67. The lowest BCUT2D eigenvalue weighted by molar-refractivity contribution is 0.579. The van der Waals surface area contributed by atoms with E-state index in [9.17, 15) is 0 Å². The molecule has 0 saturated carbocycles. The van der Waals surface area contributed by atoms with Crippen LogP contribution in [-0.4, -0.2) is 27.1 Å². The number of aryl methyl sites for hydroxylation is 1. The molecule has 19 heavy (non-hydrogen) atoms. The molecule has 4 nitrogen and oxygen atoms in total. The van der Waals surface area contributed by atoms with Gasteiger partial charge in [-0.15, -0.1) is 22.0 Å². The molecule has 5 heteroatoms. The molecule has 0 radical (unpaired) electrons. The van der Waals surface area contributed by atoms with Gasteiger partial charge in [-0.25, -0.2) is 0 Å². The van der Waals surface area contributed by atoms with Gasteiger partial charge in [-0.05, 0) is 18.6 Å². The van der Waals surface area contributed by atoms with Crippen LogP contribution in [0, 0.1) is 0 Å². The maximum Gasteiger partial charge on any atom is 0.146 e. The molecule has 1 aliphatic rings. The van der Waals surface area contributed by atoms with Crippen LogP contribution in [0.3, 0.4) is 0 Å². The highest BCUT2D eigenvalue weighted by Crippen LogP contribution is 2.38. The lowest BCUT2D eigenvalue weighted by Crippen LogP contribution is -2.23. The molecule has 1 aromatic carbocycles. The van der Waals surface area contributed by atoms with Crippen LogP contribution in [0.15, 0.2) is 35.5 Å². The first-order valence-corrected chi connectivity index (χ1v) is 7.66. The third kappa shape index (κ3) is 2.67. The van der Waals surface area contributed by atoms with Crippen LogP contribution >= 0.6 is 11.8 Å². The molecule has 0 amide bonds. The van der Waals surface area contributed by atoms with Crippen molar-refractivity contribution in [1.29, 1.82) is 0 Å². The number of nitrogens with zero attached hydrogens (tertiary/aromatic N) is 3. The number of rotatable bonds is 5. The SMILES string of the molecule is CCn1cnnc1CNCC1CSc2ccccc21. The van der Waals surface area contributed by atoms with Crippen LogP contribution in [0.2, 0.25) is 0 Å². The van der Waals surface area contributed by atoms with Gasteiger partial charge in [0.2, 0.25) is 0 Å². The predicted octanol–water partition coefficient (Wildman–Crippen LogP) is 2.28. The summed E-state index contributed by atoms with van der Waals surface area (Å²) in [5.41, 5.74) is 1.48. The third-order valence-electron chi connectivity index (χ3n) is 3.51. The first kappa shape index (κ1) is 12.7. The number of nitrogens with one attached hydrogen (secondary N) is 1. The Morgan fingerprint density at radius 1 is 1.42 bits per heavy atom. The largest absolute Gasteiger partial charge is 0.317 e. The molecule has 2 aromatic rings. The summed E-state index contributed by atoms with van der Waals surface area (Å²) in [6.45, 7) is 4.82. The van der Waals surface area contributed by atoms with Gasteiger partial charge in [-0.2, -0.15) is 0 Å². The number of hydrogen-bond acceptors (Lipinski definition) is 4. The predicted molar refractivity (Wildman–Crippen MR) is 77.3 cm³/mol. The third-order valence-corrected chi connectivity index (χ3v) is 4.76. The van der Waals surface area contributed by atoms with Crippen molar-refractivity contribution in [1.82, 2.24) is 20.1 Å². The standard InChI is InChI=1S/C14H18N4S/c1-2-18-10-16-17-14(18)8-15-7-11-9-19-13-6-4-3-5-12(11)13/h3-6,10-11,15H,2,7-9H2,1H3. The molecule has 100 valence electrons. The van der Waals surface area contributed by atoms with Gasteiger partial charge < -0.3 is 9.88 Å². The fourth-order valence-electron chi connectivity index (χ4n) is 2.44. The summed E-state index contributed by atoms with van der Waals surface area (Å²) in [5, 5.41) is 11.6. The maximum atomic E-state index is 4.14. The number of aromatic nitrogens is 3. The van der Waals surface area contributed by atoms with Crippen LogP contribution in [0.25, 0.3) is 0 Å². The van der Waals surface area contributed by atoms with Gasteiger partial charge in [0.15, 0.2) is 0 Å². The van der Waals surface area contributed by atoms with E-state index in [-0.39, 0.29) is 0 Å². The summed E-state index contributed by atoms with van der Waals surface area (Å²) in [5.74, 6) is 2.80. The van der Waals surface area contributed by atoms with Crippen molar-refractivity contribution in [2.75, 3.05) is 12.3 Å². The van der Waals surface area contributed by atoms with Gasteiger partial charge in [0.1, 0.15) is 12.2 Å². The summed E-state index contributed by atoms with van der Waals surface area (Å²) in [6, 6.07) is 8.71. The van der Waals surface area contributed by atoms with Gasteiger partial charge in [-0.1, -0.05) is 18.2 Å². The van der Waals surface area contributed by atoms with Crippen LogP contribution < -0.4 is 5.32 Å². The average Bonchev–Trinajstić information content (AvgIpc) is 3.06. The van der Waals surface area contributed by atoms with E-state index in [1.807, 2.05) is 11.8 Å². The molecule has 1 atom stereocenters. The topological polar surface area (TPSA) is 42.7 Å². The number of fused-ring (bicyclic) bond motifs is 1. The highest BCUT2D eigenvalue weighted by Gasteiger charge is 2.22. The lowest BCUT2D eigenvalue weighted by Gasteiger charge is -2.12. The molecule has 1 N–H and O–H groups in total. The molecule has 0 spiro atoms. The zero-order valence-corrected chi connectivity index (χ0v) is 11.9. The van der Waals surface area contributed by atoms with Crippen LogP contribution in [0.4, 0.5) is 0 Å². The Morgan fingerprint density at radius 2 is 2.32 bits per heavy atom. The Labute approximate surface area is 117 Å². The Morgan fingerprint density at radius 3 is 3.21 bits per heavy atom. The average molecular weight is 274 g/mol. The minimum atomic E-state index is 0.610. The van der Waals surface area contributed by atoms with Crippen molar-refractivity contribution in [3.8, 4) is 0 Å². The normalized spacial score (nSPS) is 17.6. The second-order valence-corrected chi connectivity index (χ2v) is 5.77. The summed E-state index contributed by atoms with van der Waals surface area (Å²) < 4.78 is 2.07. The molecule has 0 saturated heterocycles. The van der Waals surface area contributed by atoms with Gasteiger partial charge in [0, 0.05) is 29.7 Å². The number of thioether (sulfide) groups is 1. The van der Waals surface area contributed by atoms with Crippen molar-refractivity contribution in [3.05, 3.63) is 42.0 Å². The molecular formula is C14H18N4S. The second kappa shape index (κ2) is 5.75. The van der Waals surface area contributed by atoms with E-state index in [1.165, 1.54) is 16.2 Å². The molecule has 1 aliphatic heterocycles. The minimum absolute atomic E-state index is 0.610. The Hall–Kier alpha value is -1.33. The molecule has 1 aromatic heterocycles. The summed E-state index contributed by atoms with van der Waals surface area (Å²) in [4.78, 5) is 1.44. The molecule has 2 heterocycles. The maximum absolute atomic E-state index is 4.14. The van der Waals surface area contributed by atoms with Crippen molar-refractivity contribution >= 4 is 11.8 Å². The Bertz CT molecular complexity index is 552. The highest BCUT2D eigenvalue weighted by atomic mass is 32.2. The van der Waals surface area contributed by atoms with E-state index in [0.29, 0.717) is 5.92 Å². The van der Waals surface area contributed by atoms with Crippen LogP contribution in [0.1, 0.15) is 24.2 Å². The van der Waals surface area contributed by atoms with Crippen LogP contribution in [0.5, 0.6) is 0 Å². The zero-order valence-electron chi connectivity index (χ0n) is 11.0. The molecule has 3 rings (SSSR count). The molecule has 0 aliphatic carbocycles. The fraction of sp³-hybridized carbons (Fsp3) is 0.429. The summed E-state index contributed by atoms with van der Waals surface area (Å²) >= 11 is 1.96. The van der Waals surface area contributed by atoms with Gasteiger partial charge in [0.05, 0.1) is 6.54 Å². The van der Waals surface area contributed by atoms with Gasteiger partial charge in [0.25, 0.3) is 0 Å². The second-order valence-electron chi connectivity index (χ2n) is 4.71. The van der Waals surface area contributed by atoms with Gasteiger partial charge in [-0.3, -0.25) is 0 Å². The molecule has 0 fully saturated rings. The van der Waals surface area contributed by atoms with Gasteiger partial charge >= 0.3 is 0 Å². The smallest absolute Gasteiger partial charge is 0.146 e.